The fourth-order valence-electron chi connectivity index (χ4n) is 2.69. The van der Waals surface area contributed by atoms with Gasteiger partial charge < -0.3 is 9.84 Å². The molecule has 136 valence electrons. The number of aromatic nitrogens is 3. The minimum absolute atomic E-state index is 0.0788. The van der Waals surface area contributed by atoms with Crippen LogP contribution in [0.2, 0.25) is 0 Å². The average Bonchev–Trinajstić information content (AvgIpc) is 3.38. The number of hydrogen-bond donors (Lipinski definition) is 1. The van der Waals surface area contributed by atoms with Gasteiger partial charge in [0, 0.05) is 23.4 Å². The van der Waals surface area contributed by atoms with Gasteiger partial charge in [-0.05, 0) is 49.6 Å². The fourth-order valence-corrected chi connectivity index (χ4v) is 2.69. The standard InChI is InChI=1S/C21H19FN4O/c1-2-18(24-17-9-10-17)21-25-20(26-27-21)19-11-8-15(13-23-19)7-6-14-4-3-5-16(22)12-14/h3-5,8,11-13,17-18,24H,2,9-10H2,1H3. The lowest BCUT2D eigenvalue weighted by molar-refractivity contribution is 0.324. The van der Waals surface area contributed by atoms with Gasteiger partial charge in [0.15, 0.2) is 0 Å². The number of rotatable bonds is 5. The second-order valence-electron chi connectivity index (χ2n) is 6.55. The van der Waals surface area contributed by atoms with Crippen molar-refractivity contribution < 1.29 is 8.91 Å². The summed E-state index contributed by atoms with van der Waals surface area (Å²) in [5.74, 6) is 6.65. The van der Waals surface area contributed by atoms with E-state index < -0.39 is 0 Å². The Kier molecular flexibility index (Phi) is 4.95. The van der Waals surface area contributed by atoms with Crippen molar-refractivity contribution in [2.45, 2.75) is 38.3 Å². The van der Waals surface area contributed by atoms with Gasteiger partial charge in [0.05, 0.1) is 6.04 Å². The first-order valence-electron chi connectivity index (χ1n) is 9.05. The third-order valence-electron chi connectivity index (χ3n) is 4.33. The van der Waals surface area contributed by atoms with E-state index in [1.54, 1.807) is 24.4 Å². The van der Waals surface area contributed by atoms with Crippen LogP contribution in [0.1, 0.15) is 49.2 Å². The van der Waals surface area contributed by atoms with E-state index >= 15 is 0 Å². The zero-order valence-electron chi connectivity index (χ0n) is 14.9. The maximum absolute atomic E-state index is 13.2. The van der Waals surface area contributed by atoms with E-state index in [4.69, 9.17) is 4.52 Å². The van der Waals surface area contributed by atoms with Crippen molar-refractivity contribution in [1.82, 2.24) is 20.4 Å². The summed E-state index contributed by atoms with van der Waals surface area (Å²) in [6, 6.07) is 10.5. The highest BCUT2D eigenvalue weighted by Gasteiger charge is 2.27. The third-order valence-corrected chi connectivity index (χ3v) is 4.33. The molecule has 1 fully saturated rings. The molecule has 1 saturated carbocycles. The molecule has 2 aromatic heterocycles. The van der Waals surface area contributed by atoms with Gasteiger partial charge >= 0.3 is 0 Å². The number of benzene rings is 1. The summed E-state index contributed by atoms with van der Waals surface area (Å²) < 4.78 is 18.6. The second-order valence-corrected chi connectivity index (χ2v) is 6.55. The lowest BCUT2D eigenvalue weighted by atomic mass is 10.2. The molecule has 6 heteroatoms. The zero-order valence-corrected chi connectivity index (χ0v) is 14.9. The Labute approximate surface area is 157 Å². The van der Waals surface area contributed by atoms with Crippen LogP contribution in [0.15, 0.2) is 47.1 Å². The maximum atomic E-state index is 13.2. The smallest absolute Gasteiger partial charge is 0.244 e. The van der Waals surface area contributed by atoms with Crippen LogP contribution in [0.25, 0.3) is 11.5 Å². The fraction of sp³-hybridized carbons (Fsp3) is 0.286. The number of hydrogen-bond acceptors (Lipinski definition) is 5. The van der Waals surface area contributed by atoms with Crippen LogP contribution >= 0.6 is 0 Å². The molecule has 2 heterocycles. The highest BCUT2D eigenvalue weighted by Crippen LogP contribution is 2.26. The van der Waals surface area contributed by atoms with E-state index in [0.717, 1.165) is 12.0 Å². The van der Waals surface area contributed by atoms with Gasteiger partial charge in [-0.25, -0.2) is 4.39 Å². The van der Waals surface area contributed by atoms with Crippen molar-refractivity contribution in [2.24, 2.45) is 0 Å². The van der Waals surface area contributed by atoms with Crippen LogP contribution in [-0.2, 0) is 0 Å². The first-order chi connectivity index (χ1) is 13.2. The summed E-state index contributed by atoms with van der Waals surface area (Å²) in [5.41, 5.74) is 1.98. The van der Waals surface area contributed by atoms with E-state index in [1.807, 2.05) is 6.07 Å². The van der Waals surface area contributed by atoms with Crippen molar-refractivity contribution in [3.05, 3.63) is 65.4 Å². The molecule has 4 rings (SSSR count). The largest absolute Gasteiger partial charge is 0.337 e. The lowest BCUT2D eigenvalue weighted by Crippen LogP contribution is -2.23. The van der Waals surface area contributed by atoms with E-state index in [2.05, 4.69) is 39.2 Å². The lowest BCUT2D eigenvalue weighted by Gasteiger charge is -2.10. The topological polar surface area (TPSA) is 63.8 Å². The number of pyridine rings is 1. The predicted molar refractivity (Wildman–Crippen MR) is 99.1 cm³/mol. The number of nitrogens with zero attached hydrogens (tertiary/aromatic N) is 3. The summed E-state index contributed by atoms with van der Waals surface area (Å²) in [4.78, 5) is 8.85. The molecule has 0 spiro atoms. The highest BCUT2D eigenvalue weighted by molar-refractivity contribution is 5.51. The summed E-state index contributed by atoms with van der Waals surface area (Å²) in [6.07, 6.45) is 4.95. The molecule has 1 atom stereocenters. The number of nitrogens with one attached hydrogen (secondary N) is 1. The molecule has 1 aliphatic rings. The van der Waals surface area contributed by atoms with Gasteiger partial charge in [-0.15, -0.1) is 0 Å². The van der Waals surface area contributed by atoms with Crippen LogP contribution in [0.3, 0.4) is 0 Å². The van der Waals surface area contributed by atoms with Crippen molar-refractivity contribution in [3.63, 3.8) is 0 Å². The quantitative estimate of drug-likeness (QED) is 0.698. The highest BCUT2D eigenvalue weighted by atomic mass is 19.1. The Morgan fingerprint density at radius 3 is 2.78 bits per heavy atom. The summed E-state index contributed by atoms with van der Waals surface area (Å²) >= 11 is 0. The Balaban J connectivity index is 1.48. The third kappa shape index (κ3) is 4.39. The Morgan fingerprint density at radius 2 is 2.07 bits per heavy atom. The van der Waals surface area contributed by atoms with E-state index in [0.29, 0.717) is 29.0 Å². The van der Waals surface area contributed by atoms with Crippen LogP contribution in [-0.4, -0.2) is 21.2 Å². The van der Waals surface area contributed by atoms with Gasteiger partial charge in [-0.2, -0.15) is 4.98 Å². The van der Waals surface area contributed by atoms with Crippen LogP contribution < -0.4 is 5.32 Å². The van der Waals surface area contributed by atoms with Crippen LogP contribution in [0.4, 0.5) is 4.39 Å². The first kappa shape index (κ1) is 17.4. The average molecular weight is 362 g/mol. The molecule has 0 bridgehead atoms. The molecule has 0 radical (unpaired) electrons. The Hall–Kier alpha value is -3.04. The van der Waals surface area contributed by atoms with Crippen molar-refractivity contribution in [1.29, 1.82) is 0 Å². The molecule has 1 unspecified atom stereocenters. The van der Waals surface area contributed by atoms with Crippen molar-refractivity contribution in [2.75, 3.05) is 0 Å². The molecule has 0 saturated heterocycles. The second kappa shape index (κ2) is 7.68. The van der Waals surface area contributed by atoms with E-state index in [9.17, 15) is 4.39 Å². The minimum Gasteiger partial charge on any atom is -0.337 e. The Morgan fingerprint density at radius 1 is 1.22 bits per heavy atom. The molecule has 27 heavy (non-hydrogen) atoms. The zero-order chi connectivity index (χ0) is 18.6. The van der Waals surface area contributed by atoms with Crippen LogP contribution in [0.5, 0.6) is 0 Å². The molecule has 1 N–H and O–H groups in total. The van der Waals surface area contributed by atoms with Crippen molar-refractivity contribution in [3.8, 4) is 23.4 Å². The van der Waals surface area contributed by atoms with Crippen molar-refractivity contribution >= 4 is 0 Å². The molecular weight excluding hydrogens is 343 g/mol. The molecular formula is C21H19FN4O. The maximum Gasteiger partial charge on any atom is 0.244 e. The van der Waals surface area contributed by atoms with E-state index in [1.165, 1.54) is 25.0 Å². The first-order valence-corrected chi connectivity index (χ1v) is 9.05. The monoisotopic (exact) mass is 362 g/mol. The molecule has 5 nitrogen and oxygen atoms in total. The van der Waals surface area contributed by atoms with Gasteiger partial charge in [-0.3, -0.25) is 4.98 Å². The SMILES string of the molecule is CCC(NC1CC1)c1nc(-c2ccc(C#Cc3cccc(F)c3)cn2)no1. The normalized spacial score (nSPS) is 14.4. The molecule has 1 aliphatic carbocycles. The van der Waals surface area contributed by atoms with Crippen LogP contribution in [0, 0.1) is 17.7 Å². The van der Waals surface area contributed by atoms with Gasteiger partial charge in [0.25, 0.3) is 0 Å². The molecule has 3 aromatic rings. The van der Waals surface area contributed by atoms with Gasteiger partial charge in [0.2, 0.25) is 11.7 Å². The summed E-state index contributed by atoms with van der Waals surface area (Å²) in [5, 5.41) is 7.56. The van der Waals surface area contributed by atoms with Gasteiger partial charge in [0.1, 0.15) is 11.5 Å². The molecule has 1 aromatic carbocycles. The summed E-state index contributed by atoms with van der Waals surface area (Å²) in [7, 11) is 0. The summed E-state index contributed by atoms with van der Waals surface area (Å²) in [6.45, 7) is 2.09. The van der Waals surface area contributed by atoms with Gasteiger partial charge in [-0.1, -0.05) is 30.0 Å². The Bertz CT molecular complexity index is 983. The predicted octanol–water partition coefficient (Wildman–Crippen LogP) is 3.87. The molecule has 0 amide bonds. The number of halogens is 1. The molecule has 0 aliphatic heterocycles. The van der Waals surface area contributed by atoms with E-state index in [-0.39, 0.29) is 11.9 Å². The minimum atomic E-state index is -0.301.